The molecule has 1 saturated heterocycles. The van der Waals surface area contributed by atoms with E-state index in [9.17, 15) is 14.0 Å². The number of nitrogens with zero attached hydrogens (tertiary/aromatic N) is 1. The van der Waals surface area contributed by atoms with Crippen LogP contribution in [0.1, 0.15) is 48.2 Å². The van der Waals surface area contributed by atoms with E-state index in [0.717, 1.165) is 5.56 Å². The van der Waals surface area contributed by atoms with Gasteiger partial charge in [0.05, 0.1) is 0 Å². The maximum absolute atomic E-state index is 14.2. The van der Waals surface area contributed by atoms with E-state index >= 15 is 0 Å². The molecule has 0 aromatic heterocycles. The Bertz CT molecular complexity index is 697. The van der Waals surface area contributed by atoms with Gasteiger partial charge >= 0.3 is 0 Å². The number of halogens is 1. The molecule has 1 aromatic rings. The average molecular weight is 316 g/mol. The highest BCUT2D eigenvalue weighted by molar-refractivity contribution is 6.01. The Morgan fingerprint density at radius 3 is 2.78 bits per heavy atom. The molecule has 0 aliphatic carbocycles. The van der Waals surface area contributed by atoms with Gasteiger partial charge in [0.15, 0.2) is 0 Å². The van der Waals surface area contributed by atoms with E-state index < -0.39 is 6.04 Å². The molecule has 1 N–H and O–H groups in total. The molecule has 0 spiro atoms. The van der Waals surface area contributed by atoms with Gasteiger partial charge in [0.1, 0.15) is 11.9 Å². The molecule has 4 nitrogen and oxygen atoms in total. The van der Waals surface area contributed by atoms with Crippen molar-refractivity contribution in [3.8, 4) is 0 Å². The summed E-state index contributed by atoms with van der Waals surface area (Å²) in [6, 6.07) is 2.61. The molecule has 1 aromatic carbocycles. The van der Waals surface area contributed by atoms with Gasteiger partial charge in [-0.1, -0.05) is 26.5 Å². The van der Waals surface area contributed by atoms with Crippen LogP contribution < -0.4 is 5.32 Å². The highest BCUT2D eigenvalue weighted by Gasteiger charge is 2.38. The SMILES string of the molecule is C=C1CCC(N2Cc3cc(CC(C)C)c(F)cc3C2=O)C(=O)N1. The van der Waals surface area contributed by atoms with Gasteiger partial charge in [-0.05, 0) is 42.4 Å². The van der Waals surface area contributed by atoms with Crippen LogP contribution in [0.4, 0.5) is 4.39 Å². The van der Waals surface area contributed by atoms with Crippen LogP contribution in [-0.2, 0) is 17.8 Å². The van der Waals surface area contributed by atoms with Gasteiger partial charge in [-0.2, -0.15) is 0 Å². The van der Waals surface area contributed by atoms with Gasteiger partial charge < -0.3 is 10.2 Å². The van der Waals surface area contributed by atoms with Gasteiger partial charge in [0.25, 0.3) is 5.91 Å². The molecule has 1 atom stereocenters. The summed E-state index contributed by atoms with van der Waals surface area (Å²) < 4.78 is 14.2. The number of hydrogen-bond donors (Lipinski definition) is 1. The average Bonchev–Trinajstić information content (AvgIpc) is 2.76. The molecule has 2 aliphatic rings. The molecule has 2 aliphatic heterocycles. The number of piperidine rings is 1. The van der Waals surface area contributed by atoms with Crippen LogP contribution in [-0.4, -0.2) is 22.8 Å². The molecule has 2 amide bonds. The standard InChI is InChI=1S/C18H21FN2O2/c1-10(2)6-12-7-13-9-21(18(23)14(13)8-15(12)19)16-5-4-11(3)20-17(16)22/h7-8,10,16H,3-6,9H2,1-2H3,(H,20,22). The number of amides is 2. The van der Waals surface area contributed by atoms with Crippen LogP contribution in [0.3, 0.4) is 0 Å². The van der Waals surface area contributed by atoms with Crippen LogP contribution in [0, 0.1) is 11.7 Å². The smallest absolute Gasteiger partial charge is 0.255 e. The first kappa shape index (κ1) is 15.7. The Kier molecular flexibility index (Phi) is 3.96. The van der Waals surface area contributed by atoms with E-state index in [2.05, 4.69) is 11.9 Å². The summed E-state index contributed by atoms with van der Waals surface area (Å²) in [5.74, 6) is -0.465. The normalized spacial score (nSPS) is 21.0. The topological polar surface area (TPSA) is 49.4 Å². The summed E-state index contributed by atoms with van der Waals surface area (Å²) >= 11 is 0. The van der Waals surface area contributed by atoms with Crippen molar-refractivity contribution in [2.24, 2.45) is 5.92 Å². The Labute approximate surface area is 135 Å². The van der Waals surface area contributed by atoms with Crippen molar-refractivity contribution in [2.75, 3.05) is 0 Å². The quantitative estimate of drug-likeness (QED) is 0.932. The van der Waals surface area contributed by atoms with Crippen LogP contribution in [0.2, 0.25) is 0 Å². The molecule has 3 rings (SSSR count). The Morgan fingerprint density at radius 2 is 2.13 bits per heavy atom. The fourth-order valence-electron chi connectivity index (χ4n) is 3.32. The van der Waals surface area contributed by atoms with Gasteiger partial charge in [-0.25, -0.2) is 4.39 Å². The number of carbonyl (C=O) groups is 2. The zero-order valence-corrected chi connectivity index (χ0v) is 13.5. The number of nitrogens with one attached hydrogen (secondary N) is 1. The summed E-state index contributed by atoms with van der Waals surface area (Å²) in [5, 5.41) is 2.70. The Balaban J connectivity index is 1.87. The van der Waals surface area contributed by atoms with Crippen molar-refractivity contribution in [3.63, 3.8) is 0 Å². The lowest BCUT2D eigenvalue weighted by atomic mass is 9.98. The van der Waals surface area contributed by atoms with E-state index in [1.165, 1.54) is 6.07 Å². The molecular weight excluding hydrogens is 295 g/mol. The first-order chi connectivity index (χ1) is 10.9. The van der Waals surface area contributed by atoms with Crippen molar-refractivity contribution < 1.29 is 14.0 Å². The van der Waals surface area contributed by atoms with E-state index in [4.69, 9.17) is 0 Å². The largest absolute Gasteiger partial charge is 0.329 e. The summed E-state index contributed by atoms with van der Waals surface area (Å²) in [6.45, 7) is 8.18. The predicted octanol–water partition coefficient (Wildman–Crippen LogP) is 2.77. The van der Waals surface area contributed by atoms with Gasteiger partial charge in [-0.3, -0.25) is 9.59 Å². The Hall–Kier alpha value is -2.17. The third kappa shape index (κ3) is 2.87. The second kappa shape index (κ2) is 5.80. The minimum atomic E-state index is -0.503. The third-order valence-electron chi connectivity index (χ3n) is 4.43. The van der Waals surface area contributed by atoms with E-state index in [-0.39, 0.29) is 17.6 Å². The summed E-state index contributed by atoms with van der Waals surface area (Å²) in [6.07, 6.45) is 1.85. The summed E-state index contributed by atoms with van der Waals surface area (Å²) in [5.41, 5.74) is 2.51. The van der Waals surface area contributed by atoms with E-state index in [1.54, 1.807) is 11.0 Å². The molecular formula is C18H21FN2O2. The highest BCUT2D eigenvalue weighted by atomic mass is 19.1. The minimum absolute atomic E-state index is 0.203. The zero-order valence-electron chi connectivity index (χ0n) is 13.5. The number of hydrogen-bond acceptors (Lipinski definition) is 2. The maximum Gasteiger partial charge on any atom is 0.255 e. The lowest BCUT2D eigenvalue weighted by molar-refractivity contribution is -0.126. The molecule has 0 radical (unpaired) electrons. The monoisotopic (exact) mass is 316 g/mol. The van der Waals surface area contributed by atoms with Crippen molar-refractivity contribution >= 4 is 11.8 Å². The Morgan fingerprint density at radius 1 is 1.39 bits per heavy atom. The van der Waals surface area contributed by atoms with Crippen LogP contribution in [0.5, 0.6) is 0 Å². The van der Waals surface area contributed by atoms with Gasteiger partial charge in [0.2, 0.25) is 5.91 Å². The molecule has 1 unspecified atom stereocenters. The van der Waals surface area contributed by atoms with Gasteiger partial charge in [0, 0.05) is 17.8 Å². The number of fused-ring (bicyclic) bond motifs is 1. The van der Waals surface area contributed by atoms with Crippen LogP contribution in [0.15, 0.2) is 24.4 Å². The zero-order chi connectivity index (χ0) is 16.7. The molecule has 122 valence electrons. The summed E-state index contributed by atoms with van der Waals surface area (Å²) in [4.78, 5) is 26.2. The summed E-state index contributed by atoms with van der Waals surface area (Å²) in [7, 11) is 0. The third-order valence-corrected chi connectivity index (χ3v) is 4.43. The lowest BCUT2D eigenvalue weighted by Gasteiger charge is -2.30. The van der Waals surface area contributed by atoms with Crippen LogP contribution >= 0.6 is 0 Å². The van der Waals surface area contributed by atoms with Crippen molar-refractivity contribution in [1.29, 1.82) is 0 Å². The van der Waals surface area contributed by atoms with Crippen molar-refractivity contribution in [3.05, 3.63) is 46.9 Å². The number of allylic oxidation sites excluding steroid dienone is 1. The van der Waals surface area contributed by atoms with Crippen LogP contribution in [0.25, 0.3) is 0 Å². The molecule has 0 bridgehead atoms. The molecule has 5 heteroatoms. The van der Waals surface area contributed by atoms with E-state index in [1.807, 2.05) is 13.8 Å². The molecule has 23 heavy (non-hydrogen) atoms. The number of benzene rings is 1. The van der Waals surface area contributed by atoms with Crippen molar-refractivity contribution in [1.82, 2.24) is 10.2 Å². The molecule has 0 saturated carbocycles. The first-order valence-electron chi connectivity index (χ1n) is 7.97. The fraction of sp³-hybridized carbons (Fsp3) is 0.444. The highest BCUT2D eigenvalue weighted by Crippen LogP contribution is 2.30. The lowest BCUT2D eigenvalue weighted by Crippen LogP contribution is -2.49. The maximum atomic E-state index is 14.2. The minimum Gasteiger partial charge on any atom is -0.329 e. The number of rotatable bonds is 3. The molecule has 1 fully saturated rings. The van der Waals surface area contributed by atoms with Crippen molar-refractivity contribution in [2.45, 2.75) is 45.7 Å². The predicted molar refractivity (Wildman–Crippen MR) is 85.1 cm³/mol. The first-order valence-corrected chi connectivity index (χ1v) is 7.97. The molecule has 2 heterocycles. The van der Waals surface area contributed by atoms with Gasteiger partial charge in [-0.15, -0.1) is 0 Å². The van der Waals surface area contributed by atoms with E-state index in [0.29, 0.717) is 48.5 Å². The fourth-order valence-corrected chi connectivity index (χ4v) is 3.32. The second-order valence-electron chi connectivity index (χ2n) is 6.78. The second-order valence-corrected chi connectivity index (χ2v) is 6.78. The number of carbonyl (C=O) groups excluding carboxylic acids is 2.